The van der Waals surface area contributed by atoms with E-state index in [0.29, 0.717) is 17.9 Å². The zero-order valence-corrected chi connectivity index (χ0v) is 17.5. The molecule has 1 amide bonds. The van der Waals surface area contributed by atoms with Gasteiger partial charge in [-0.2, -0.15) is 0 Å². The van der Waals surface area contributed by atoms with Crippen LogP contribution in [0.3, 0.4) is 0 Å². The maximum absolute atomic E-state index is 14.2. The maximum Gasteiger partial charge on any atom is 0.319 e. The SMILES string of the molecule is CCCOC(=O)C(CCC)Sc1cc(NC(=O)C(C)(C)C)c(F)cc1Cl. The Balaban J connectivity index is 3.05. The highest BCUT2D eigenvalue weighted by atomic mass is 35.5. The predicted molar refractivity (Wildman–Crippen MR) is 105 cm³/mol. The van der Waals surface area contributed by atoms with Crippen molar-refractivity contribution in [3.8, 4) is 0 Å². The molecule has 1 rings (SSSR count). The molecule has 0 aliphatic carbocycles. The summed E-state index contributed by atoms with van der Waals surface area (Å²) < 4.78 is 19.4. The van der Waals surface area contributed by atoms with Crippen LogP contribution in [0.5, 0.6) is 0 Å². The van der Waals surface area contributed by atoms with E-state index >= 15 is 0 Å². The summed E-state index contributed by atoms with van der Waals surface area (Å²) in [5, 5.41) is 2.35. The monoisotopic (exact) mass is 403 g/mol. The summed E-state index contributed by atoms with van der Waals surface area (Å²) >= 11 is 7.39. The molecule has 1 N–H and O–H groups in total. The molecule has 0 saturated heterocycles. The lowest BCUT2D eigenvalue weighted by Gasteiger charge is -2.20. The van der Waals surface area contributed by atoms with Crippen LogP contribution in [-0.2, 0) is 14.3 Å². The molecule has 0 fully saturated rings. The summed E-state index contributed by atoms with van der Waals surface area (Å²) in [5.41, 5.74) is -0.609. The first-order chi connectivity index (χ1) is 12.1. The zero-order valence-electron chi connectivity index (χ0n) is 15.9. The van der Waals surface area contributed by atoms with Gasteiger partial charge in [-0.3, -0.25) is 9.59 Å². The fourth-order valence-electron chi connectivity index (χ4n) is 1.96. The summed E-state index contributed by atoms with van der Waals surface area (Å²) in [7, 11) is 0. The Morgan fingerprint density at radius 3 is 2.46 bits per heavy atom. The van der Waals surface area contributed by atoms with Gasteiger partial charge in [0.2, 0.25) is 5.91 Å². The van der Waals surface area contributed by atoms with Crippen molar-refractivity contribution in [2.75, 3.05) is 11.9 Å². The molecule has 7 heteroatoms. The molecule has 0 aliphatic heterocycles. The molecule has 4 nitrogen and oxygen atoms in total. The summed E-state index contributed by atoms with van der Waals surface area (Å²) in [6.45, 7) is 9.49. The summed E-state index contributed by atoms with van der Waals surface area (Å²) in [4.78, 5) is 24.9. The summed E-state index contributed by atoms with van der Waals surface area (Å²) in [6.07, 6.45) is 2.16. The molecule has 146 valence electrons. The van der Waals surface area contributed by atoms with Crippen molar-refractivity contribution in [3.63, 3.8) is 0 Å². The lowest BCUT2D eigenvalue weighted by atomic mass is 9.95. The Hall–Kier alpha value is -1.27. The Morgan fingerprint density at radius 2 is 1.92 bits per heavy atom. The minimum absolute atomic E-state index is 0.0500. The Bertz CT molecular complexity index is 646. The van der Waals surface area contributed by atoms with E-state index in [0.717, 1.165) is 18.9 Å². The highest BCUT2D eigenvalue weighted by molar-refractivity contribution is 8.00. The predicted octanol–water partition coefficient (Wildman–Crippen LogP) is 5.68. The van der Waals surface area contributed by atoms with Crippen molar-refractivity contribution in [1.29, 1.82) is 0 Å². The number of anilines is 1. The number of nitrogens with one attached hydrogen (secondary N) is 1. The molecule has 0 aliphatic rings. The number of thioether (sulfide) groups is 1. The lowest BCUT2D eigenvalue weighted by Crippen LogP contribution is -2.28. The van der Waals surface area contributed by atoms with Crippen molar-refractivity contribution in [3.05, 3.63) is 23.0 Å². The number of ether oxygens (including phenoxy) is 1. The van der Waals surface area contributed by atoms with E-state index in [2.05, 4.69) is 5.32 Å². The van der Waals surface area contributed by atoms with Crippen LogP contribution in [0.1, 0.15) is 53.9 Å². The van der Waals surface area contributed by atoms with Crippen molar-refractivity contribution in [2.24, 2.45) is 5.41 Å². The van der Waals surface area contributed by atoms with Crippen molar-refractivity contribution in [1.82, 2.24) is 0 Å². The standard InChI is InChI=1S/C19H27ClFNO3S/c1-6-8-15(17(23)25-9-7-2)26-16-11-14(13(21)10-12(16)20)22-18(24)19(3,4)5/h10-11,15H,6-9H2,1-5H3,(H,22,24). The van der Waals surface area contributed by atoms with E-state index in [1.165, 1.54) is 17.8 Å². The smallest absolute Gasteiger partial charge is 0.319 e. The number of carbonyl (C=O) groups is 2. The van der Waals surface area contributed by atoms with E-state index in [1.807, 2.05) is 13.8 Å². The van der Waals surface area contributed by atoms with Gasteiger partial charge in [-0.1, -0.05) is 52.6 Å². The minimum Gasteiger partial charge on any atom is -0.465 e. The van der Waals surface area contributed by atoms with E-state index in [9.17, 15) is 14.0 Å². The third kappa shape index (κ3) is 6.80. The first kappa shape index (κ1) is 22.8. The fraction of sp³-hybridized carbons (Fsp3) is 0.579. The molecule has 0 aromatic heterocycles. The highest BCUT2D eigenvalue weighted by Gasteiger charge is 2.25. The molecule has 0 spiro atoms. The highest BCUT2D eigenvalue weighted by Crippen LogP contribution is 2.36. The van der Waals surface area contributed by atoms with Gasteiger partial charge in [0.1, 0.15) is 11.1 Å². The van der Waals surface area contributed by atoms with E-state index in [1.54, 1.807) is 20.8 Å². The number of carbonyl (C=O) groups excluding carboxylic acids is 2. The van der Waals surface area contributed by atoms with E-state index in [-0.39, 0.29) is 22.6 Å². The quantitative estimate of drug-likeness (QED) is 0.448. The van der Waals surface area contributed by atoms with Gasteiger partial charge in [0.05, 0.1) is 17.3 Å². The van der Waals surface area contributed by atoms with Gasteiger partial charge in [-0.25, -0.2) is 4.39 Å². The number of rotatable bonds is 8. The Kier molecular flexibility index (Phi) is 8.90. The van der Waals surface area contributed by atoms with Crippen molar-refractivity contribution >= 4 is 40.9 Å². The Labute approximate surface area is 164 Å². The molecular weight excluding hydrogens is 377 g/mol. The van der Waals surface area contributed by atoms with Gasteiger partial charge in [0, 0.05) is 10.3 Å². The van der Waals surface area contributed by atoms with Gasteiger partial charge in [0.25, 0.3) is 0 Å². The molecule has 26 heavy (non-hydrogen) atoms. The number of hydrogen-bond donors (Lipinski definition) is 1. The van der Waals surface area contributed by atoms with Crippen LogP contribution < -0.4 is 5.32 Å². The summed E-state index contributed by atoms with van der Waals surface area (Å²) in [6, 6.07) is 2.63. The molecule has 1 unspecified atom stereocenters. The van der Waals surface area contributed by atoms with Gasteiger partial charge in [-0.15, -0.1) is 11.8 Å². The first-order valence-electron chi connectivity index (χ1n) is 8.73. The molecule has 0 heterocycles. The van der Waals surface area contributed by atoms with Crippen LogP contribution in [0.15, 0.2) is 17.0 Å². The molecule has 0 bridgehead atoms. The van der Waals surface area contributed by atoms with Gasteiger partial charge in [-0.05, 0) is 25.0 Å². The number of esters is 1. The number of halogens is 2. The van der Waals surface area contributed by atoms with Gasteiger partial charge >= 0.3 is 5.97 Å². The number of hydrogen-bond acceptors (Lipinski definition) is 4. The van der Waals surface area contributed by atoms with Crippen LogP contribution in [-0.4, -0.2) is 23.7 Å². The zero-order chi connectivity index (χ0) is 19.9. The van der Waals surface area contributed by atoms with E-state index in [4.69, 9.17) is 16.3 Å². The van der Waals surface area contributed by atoms with Gasteiger partial charge in [0.15, 0.2) is 0 Å². The van der Waals surface area contributed by atoms with Crippen LogP contribution in [0.25, 0.3) is 0 Å². The van der Waals surface area contributed by atoms with Crippen LogP contribution in [0, 0.1) is 11.2 Å². The average Bonchev–Trinajstić information content (AvgIpc) is 2.55. The molecule has 0 radical (unpaired) electrons. The van der Waals surface area contributed by atoms with E-state index < -0.39 is 16.5 Å². The third-order valence-corrected chi connectivity index (χ3v) is 5.21. The molecule has 1 aromatic carbocycles. The largest absolute Gasteiger partial charge is 0.465 e. The topological polar surface area (TPSA) is 55.4 Å². The molecule has 0 saturated carbocycles. The second kappa shape index (κ2) is 10.2. The second-order valence-electron chi connectivity index (χ2n) is 7.03. The Morgan fingerprint density at radius 1 is 1.27 bits per heavy atom. The van der Waals surface area contributed by atoms with Crippen LogP contribution in [0.4, 0.5) is 10.1 Å². The lowest BCUT2D eigenvalue weighted by molar-refractivity contribution is -0.143. The minimum atomic E-state index is -0.659. The van der Waals surface area contributed by atoms with Crippen LogP contribution in [0.2, 0.25) is 5.02 Å². The fourth-order valence-corrected chi connectivity index (χ4v) is 3.43. The summed E-state index contributed by atoms with van der Waals surface area (Å²) in [5.74, 6) is -1.22. The second-order valence-corrected chi connectivity index (χ2v) is 8.68. The van der Waals surface area contributed by atoms with Gasteiger partial charge < -0.3 is 10.1 Å². The normalized spacial score (nSPS) is 12.6. The van der Waals surface area contributed by atoms with Crippen molar-refractivity contribution in [2.45, 2.75) is 64.0 Å². The molecule has 1 atom stereocenters. The third-order valence-electron chi connectivity index (χ3n) is 3.48. The van der Waals surface area contributed by atoms with Crippen molar-refractivity contribution < 1.29 is 18.7 Å². The molecule has 1 aromatic rings. The number of benzene rings is 1. The first-order valence-corrected chi connectivity index (χ1v) is 9.99. The maximum atomic E-state index is 14.2. The van der Waals surface area contributed by atoms with Crippen LogP contribution >= 0.6 is 23.4 Å². The number of amides is 1. The average molecular weight is 404 g/mol. The molecular formula is C19H27ClFNO3S.